The Morgan fingerprint density at radius 2 is 1.95 bits per heavy atom. The zero-order valence-electron chi connectivity index (χ0n) is 13.4. The second-order valence-electron chi connectivity index (χ2n) is 5.69. The average Bonchev–Trinajstić information content (AvgIpc) is 2.85. The maximum Gasteiger partial charge on any atom is 0.273 e. The number of nitrogens with zero attached hydrogens (tertiary/aromatic N) is 3. The van der Waals surface area contributed by atoms with E-state index >= 15 is 0 Å². The molecule has 122 valence electrons. The summed E-state index contributed by atoms with van der Waals surface area (Å²) in [6.45, 7) is 6.65. The Labute approximate surface area is 135 Å². The van der Waals surface area contributed by atoms with Gasteiger partial charge in [0.05, 0.1) is 5.01 Å². The topological polar surface area (TPSA) is 62.7 Å². The maximum absolute atomic E-state index is 12.5. The van der Waals surface area contributed by atoms with Crippen molar-refractivity contribution in [2.75, 3.05) is 39.9 Å². The molecule has 1 fully saturated rings. The van der Waals surface area contributed by atoms with Gasteiger partial charge in [-0.1, -0.05) is 13.8 Å². The fraction of sp³-hybridized carbons (Fsp3) is 0.667. The van der Waals surface area contributed by atoms with Crippen molar-refractivity contribution < 1.29 is 14.3 Å². The second-order valence-corrected chi connectivity index (χ2v) is 6.57. The number of ether oxygens (including phenoxy) is 1. The maximum atomic E-state index is 12.5. The standard InChI is InChI=1S/C15H23N3O3S/c1-11(2)14-16-12(10-22-14)15(20)18-6-4-5-17(7-8-18)13(19)9-21-3/h10-11H,4-9H2,1-3H3. The summed E-state index contributed by atoms with van der Waals surface area (Å²) in [5, 5.41) is 2.81. The van der Waals surface area contributed by atoms with E-state index in [9.17, 15) is 9.59 Å². The molecule has 7 heteroatoms. The molecule has 0 saturated carbocycles. The summed E-state index contributed by atoms with van der Waals surface area (Å²) in [4.78, 5) is 32.4. The number of rotatable bonds is 4. The molecule has 0 aromatic carbocycles. The Bertz CT molecular complexity index is 530. The summed E-state index contributed by atoms with van der Waals surface area (Å²) < 4.78 is 4.89. The van der Waals surface area contributed by atoms with Crippen molar-refractivity contribution in [3.8, 4) is 0 Å². The number of thiazole rings is 1. The van der Waals surface area contributed by atoms with Crippen LogP contribution in [0, 0.1) is 0 Å². The summed E-state index contributed by atoms with van der Waals surface area (Å²) >= 11 is 1.53. The minimum atomic E-state index is -0.0378. The van der Waals surface area contributed by atoms with E-state index in [-0.39, 0.29) is 18.4 Å². The molecule has 0 spiro atoms. The van der Waals surface area contributed by atoms with Crippen LogP contribution in [0.5, 0.6) is 0 Å². The SMILES string of the molecule is COCC(=O)N1CCCN(C(=O)c2csc(C(C)C)n2)CC1. The van der Waals surface area contributed by atoms with Crippen LogP contribution in [-0.4, -0.2) is 66.5 Å². The zero-order valence-corrected chi connectivity index (χ0v) is 14.2. The van der Waals surface area contributed by atoms with Gasteiger partial charge in [0, 0.05) is 44.6 Å². The first kappa shape index (κ1) is 16.9. The van der Waals surface area contributed by atoms with Gasteiger partial charge in [0.15, 0.2) is 0 Å². The lowest BCUT2D eigenvalue weighted by Crippen LogP contribution is -2.38. The minimum absolute atomic E-state index is 0.0208. The molecule has 0 unspecified atom stereocenters. The van der Waals surface area contributed by atoms with Crippen LogP contribution in [0.1, 0.15) is 41.7 Å². The van der Waals surface area contributed by atoms with E-state index < -0.39 is 0 Å². The highest BCUT2D eigenvalue weighted by molar-refractivity contribution is 7.09. The Hall–Kier alpha value is -1.47. The summed E-state index contributed by atoms with van der Waals surface area (Å²) in [6.07, 6.45) is 0.780. The smallest absolute Gasteiger partial charge is 0.273 e. The molecule has 1 aromatic rings. The first-order valence-electron chi connectivity index (χ1n) is 7.54. The van der Waals surface area contributed by atoms with Crippen molar-refractivity contribution >= 4 is 23.2 Å². The molecular formula is C15H23N3O3S. The Balaban J connectivity index is 1.97. The monoisotopic (exact) mass is 325 g/mol. The van der Waals surface area contributed by atoms with Gasteiger partial charge < -0.3 is 14.5 Å². The molecule has 2 rings (SSSR count). The fourth-order valence-corrected chi connectivity index (χ4v) is 3.21. The molecule has 1 aliphatic heterocycles. The lowest BCUT2D eigenvalue weighted by atomic mass is 10.2. The molecule has 1 aromatic heterocycles. The third-order valence-electron chi connectivity index (χ3n) is 3.64. The number of carbonyl (C=O) groups is 2. The molecule has 2 heterocycles. The van der Waals surface area contributed by atoms with Crippen LogP contribution in [0.3, 0.4) is 0 Å². The second kappa shape index (κ2) is 7.69. The third kappa shape index (κ3) is 4.04. The number of amides is 2. The first-order valence-corrected chi connectivity index (χ1v) is 8.42. The predicted octanol–water partition coefficient (Wildman–Crippen LogP) is 1.59. The number of hydrogen-bond donors (Lipinski definition) is 0. The van der Waals surface area contributed by atoms with Crippen molar-refractivity contribution in [1.29, 1.82) is 0 Å². The van der Waals surface area contributed by atoms with Crippen LogP contribution in [0.15, 0.2) is 5.38 Å². The third-order valence-corrected chi connectivity index (χ3v) is 4.78. The van der Waals surface area contributed by atoms with Crippen LogP contribution < -0.4 is 0 Å². The van der Waals surface area contributed by atoms with E-state index in [0.717, 1.165) is 11.4 Å². The van der Waals surface area contributed by atoms with Crippen molar-refractivity contribution in [1.82, 2.24) is 14.8 Å². The Morgan fingerprint density at radius 3 is 2.59 bits per heavy atom. The highest BCUT2D eigenvalue weighted by Crippen LogP contribution is 2.20. The van der Waals surface area contributed by atoms with E-state index in [2.05, 4.69) is 18.8 Å². The highest BCUT2D eigenvalue weighted by Gasteiger charge is 2.24. The molecule has 6 nitrogen and oxygen atoms in total. The molecule has 1 aliphatic rings. The van der Waals surface area contributed by atoms with Crippen LogP contribution in [0.4, 0.5) is 0 Å². The van der Waals surface area contributed by atoms with Gasteiger partial charge >= 0.3 is 0 Å². The van der Waals surface area contributed by atoms with Crippen LogP contribution in [-0.2, 0) is 9.53 Å². The van der Waals surface area contributed by atoms with E-state index in [1.165, 1.54) is 18.4 Å². The summed E-state index contributed by atoms with van der Waals surface area (Å²) in [5.41, 5.74) is 0.519. The molecule has 1 saturated heterocycles. The van der Waals surface area contributed by atoms with Gasteiger partial charge in [-0.3, -0.25) is 9.59 Å². The Morgan fingerprint density at radius 1 is 1.27 bits per heavy atom. The molecule has 2 amide bonds. The predicted molar refractivity (Wildman–Crippen MR) is 85.2 cm³/mol. The van der Waals surface area contributed by atoms with Crippen LogP contribution in [0.2, 0.25) is 0 Å². The van der Waals surface area contributed by atoms with Gasteiger partial charge in [-0.15, -0.1) is 11.3 Å². The lowest BCUT2D eigenvalue weighted by molar-refractivity contribution is -0.135. The van der Waals surface area contributed by atoms with Gasteiger partial charge in [0.25, 0.3) is 5.91 Å². The van der Waals surface area contributed by atoms with Crippen molar-refractivity contribution in [2.24, 2.45) is 0 Å². The summed E-state index contributed by atoms with van der Waals surface area (Å²) in [7, 11) is 1.51. The number of hydrogen-bond acceptors (Lipinski definition) is 5. The van der Waals surface area contributed by atoms with Crippen LogP contribution in [0.25, 0.3) is 0 Å². The van der Waals surface area contributed by atoms with Gasteiger partial charge in [0.1, 0.15) is 12.3 Å². The lowest BCUT2D eigenvalue weighted by Gasteiger charge is -2.21. The van der Waals surface area contributed by atoms with E-state index in [0.29, 0.717) is 37.8 Å². The number of methoxy groups -OCH3 is 1. The van der Waals surface area contributed by atoms with E-state index in [4.69, 9.17) is 4.74 Å². The fourth-order valence-electron chi connectivity index (χ4n) is 2.40. The van der Waals surface area contributed by atoms with Crippen molar-refractivity contribution in [3.05, 3.63) is 16.1 Å². The largest absolute Gasteiger partial charge is 0.375 e. The van der Waals surface area contributed by atoms with Crippen molar-refractivity contribution in [3.63, 3.8) is 0 Å². The van der Waals surface area contributed by atoms with Crippen molar-refractivity contribution in [2.45, 2.75) is 26.2 Å². The molecule has 22 heavy (non-hydrogen) atoms. The summed E-state index contributed by atoms with van der Waals surface area (Å²) in [5.74, 6) is 0.273. The molecule has 0 atom stereocenters. The normalized spacial score (nSPS) is 16.0. The van der Waals surface area contributed by atoms with Gasteiger partial charge in [-0.25, -0.2) is 4.98 Å². The van der Waals surface area contributed by atoms with Gasteiger partial charge in [0.2, 0.25) is 5.91 Å². The zero-order chi connectivity index (χ0) is 16.1. The number of carbonyl (C=O) groups excluding carboxylic acids is 2. The van der Waals surface area contributed by atoms with E-state index in [1.54, 1.807) is 9.80 Å². The molecule has 0 aliphatic carbocycles. The van der Waals surface area contributed by atoms with Gasteiger partial charge in [-0.05, 0) is 6.42 Å². The molecule has 0 radical (unpaired) electrons. The summed E-state index contributed by atoms with van der Waals surface area (Å²) in [6, 6.07) is 0. The average molecular weight is 325 g/mol. The first-order chi connectivity index (χ1) is 10.5. The molecular weight excluding hydrogens is 302 g/mol. The van der Waals surface area contributed by atoms with Gasteiger partial charge in [-0.2, -0.15) is 0 Å². The minimum Gasteiger partial charge on any atom is -0.375 e. The molecule has 0 bridgehead atoms. The van der Waals surface area contributed by atoms with Crippen LogP contribution >= 0.6 is 11.3 Å². The number of aromatic nitrogens is 1. The quantitative estimate of drug-likeness (QED) is 0.843. The Kier molecular flexibility index (Phi) is 5.90. The highest BCUT2D eigenvalue weighted by atomic mass is 32.1. The van der Waals surface area contributed by atoms with E-state index in [1.807, 2.05) is 5.38 Å². The molecule has 0 N–H and O–H groups in total.